The van der Waals surface area contributed by atoms with Gasteiger partial charge in [0, 0.05) is 25.1 Å². The Kier molecular flexibility index (Phi) is 2.11. The van der Waals surface area contributed by atoms with Gasteiger partial charge in [-0.15, -0.1) is 0 Å². The number of amides is 1. The zero-order chi connectivity index (χ0) is 10.1. The summed E-state index contributed by atoms with van der Waals surface area (Å²) in [5.41, 5.74) is 7.79. The van der Waals surface area contributed by atoms with Crippen LogP contribution in [0.3, 0.4) is 0 Å². The molecule has 2 heterocycles. The monoisotopic (exact) mass is 191 g/mol. The number of nitrogens with one attached hydrogen (secondary N) is 1. The molecule has 2 rings (SSSR count). The van der Waals surface area contributed by atoms with Crippen molar-refractivity contribution in [2.75, 3.05) is 12.3 Å². The summed E-state index contributed by atoms with van der Waals surface area (Å²) in [6.07, 6.45) is 2.34. The summed E-state index contributed by atoms with van der Waals surface area (Å²) < 4.78 is 0. The first kappa shape index (κ1) is 8.99. The van der Waals surface area contributed by atoms with Crippen molar-refractivity contribution in [1.82, 2.24) is 10.3 Å². The van der Waals surface area contributed by atoms with E-state index in [1.807, 2.05) is 13.0 Å². The lowest BCUT2D eigenvalue weighted by molar-refractivity contribution is -0.119. The van der Waals surface area contributed by atoms with E-state index in [-0.39, 0.29) is 11.8 Å². The minimum Gasteiger partial charge on any atom is -0.384 e. The second-order valence-corrected chi connectivity index (χ2v) is 3.67. The van der Waals surface area contributed by atoms with Gasteiger partial charge < -0.3 is 11.1 Å². The minimum absolute atomic E-state index is 0.117. The predicted octanol–water partition coefficient (Wildman–Crippen LogP) is 0.576. The molecule has 1 fully saturated rings. The molecule has 14 heavy (non-hydrogen) atoms. The molecule has 0 aliphatic carbocycles. The molecular formula is C10H13N3O. The third kappa shape index (κ3) is 1.55. The third-order valence-electron chi connectivity index (χ3n) is 2.59. The number of hydrogen-bond acceptors (Lipinski definition) is 3. The van der Waals surface area contributed by atoms with Crippen LogP contribution in [0, 0.1) is 6.92 Å². The number of nitrogens with two attached hydrogens (primary N) is 1. The fourth-order valence-corrected chi connectivity index (χ4v) is 1.84. The molecule has 0 bridgehead atoms. The van der Waals surface area contributed by atoms with Gasteiger partial charge in [0.2, 0.25) is 5.91 Å². The first-order valence-electron chi connectivity index (χ1n) is 4.65. The van der Waals surface area contributed by atoms with Gasteiger partial charge in [0.25, 0.3) is 0 Å². The van der Waals surface area contributed by atoms with E-state index >= 15 is 0 Å². The summed E-state index contributed by atoms with van der Waals surface area (Å²) in [7, 11) is 0. The van der Waals surface area contributed by atoms with Crippen molar-refractivity contribution in [1.29, 1.82) is 0 Å². The molecular weight excluding hydrogens is 178 g/mol. The Balaban J connectivity index is 2.28. The summed E-state index contributed by atoms with van der Waals surface area (Å²) in [5, 5.41) is 2.81. The smallest absolute Gasteiger partial charge is 0.220 e. The summed E-state index contributed by atoms with van der Waals surface area (Å²) in [5.74, 6) is 0.908. The quantitative estimate of drug-likeness (QED) is 0.682. The summed E-state index contributed by atoms with van der Waals surface area (Å²) in [4.78, 5) is 15.1. The van der Waals surface area contributed by atoms with E-state index in [9.17, 15) is 4.79 Å². The van der Waals surface area contributed by atoms with Crippen molar-refractivity contribution < 1.29 is 4.79 Å². The third-order valence-corrected chi connectivity index (χ3v) is 2.59. The van der Waals surface area contributed by atoms with Crippen molar-refractivity contribution in [3.05, 3.63) is 23.4 Å². The zero-order valence-electron chi connectivity index (χ0n) is 8.08. The lowest BCUT2D eigenvalue weighted by Gasteiger charge is -2.10. The van der Waals surface area contributed by atoms with Crippen LogP contribution < -0.4 is 11.1 Å². The molecule has 1 aliphatic rings. The van der Waals surface area contributed by atoms with Crippen LogP contribution >= 0.6 is 0 Å². The number of pyridine rings is 1. The highest BCUT2D eigenvalue weighted by molar-refractivity contribution is 5.79. The fraction of sp³-hybridized carbons (Fsp3) is 0.400. The second kappa shape index (κ2) is 3.29. The molecule has 3 N–H and O–H groups in total. The van der Waals surface area contributed by atoms with Crippen molar-refractivity contribution in [3.63, 3.8) is 0 Å². The van der Waals surface area contributed by atoms with Crippen molar-refractivity contribution >= 4 is 11.7 Å². The van der Waals surface area contributed by atoms with Crippen molar-refractivity contribution in [3.8, 4) is 0 Å². The normalized spacial score (nSPS) is 20.9. The van der Waals surface area contributed by atoms with Gasteiger partial charge in [0.15, 0.2) is 0 Å². The van der Waals surface area contributed by atoms with Crippen LogP contribution in [0.15, 0.2) is 12.3 Å². The molecule has 74 valence electrons. The largest absolute Gasteiger partial charge is 0.384 e. The first-order chi connectivity index (χ1) is 6.66. The lowest BCUT2D eigenvalue weighted by Crippen LogP contribution is -2.13. The van der Waals surface area contributed by atoms with Crippen LogP contribution in [-0.4, -0.2) is 17.4 Å². The Morgan fingerprint density at radius 1 is 1.64 bits per heavy atom. The summed E-state index contributed by atoms with van der Waals surface area (Å²) in [6.45, 7) is 2.71. The van der Waals surface area contributed by atoms with E-state index in [4.69, 9.17) is 5.73 Å². The van der Waals surface area contributed by atoms with Gasteiger partial charge in [-0.05, 0) is 24.1 Å². The minimum atomic E-state index is 0.117. The predicted molar refractivity (Wildman–Crippen MR) is 53.8 cm³/mol. The van der Waals surface area contributed by atoms with E-state index in [1.54, 1.807) is 6.20 Å². The highest BCUT2D eigenvalue weighted by atomic mass is 16.1. The molecule has 4 nitrogen and oxygen atoms in total. The maximum atomic E-state index is 11.0. The number of aryl methyl sites for hydroxylation is 1. The Hall–Kier alpha value is -1.58. The number of carbonyl (C=O) groups excluding carboxylic acids is 1. The number of nitrogens with zero attached hydrogens (tertiary/aromatic N) is 1. The molecule has 1 saturated heterocycles. The number of nitrogen functional groups attached to an aromatic ring is 1. The SMILES string of the molecule is Cc1cc(N)ncc1[C@H]1CNC(=O)C1. The van der Waals surface area contributed by atoms with E-state index in [2.05, 4.69) is 10.3 Å². The van der Waals surface area contributed by atoms with E-state index < -0.39 is 0 Å². The van der Waals surface area contributed by atoms with Crippen LogP contribution in [0.4, 0.5) is 5.82 Å². The standard InChI is InChI=1S/C10H13N3O/c1-6-2-9(11)12-5-8(6)7-3-10(14)13-4-7/h2,5,7H,3-4H2,1H3,(H2,11,12)(H,13,14)/t7-/m1/s1. The Bertz CT molecular complexity index is 376. The topological polar surface area (TPSA) is 68.0 Å². The van der Waals surface area contributed by atoms with Gasteiger partial charge in [-0.3, -0.25) is 4.79 Å². The Labute approximate surface area is 82.5 Å². The average Bonchev–Trinajstić information content (AvgIpc) is 2.51. The van der Waals surface area contributed by atoms with Gasteiger partial charge in [-0.25, -0.2) is 4.98 Å². The van der Waals surface area contributed by atoms with Crippen LogP contribution in [0.5, 0.6) is 0 Å². The molecule has 0 radical (unpaired) electrons. The second-order valence-electron chi connectivity index (χ2n) is 3.67. The molecule has 1 aromatic rings. The first-order valence-corrected chi connectivity index (χ1v) is 4.65. The van der Waals surface area contributed by atoms with Gasteiger partial charge in [0.05, 0.1) is 0 Å². The van der Waals surface area contributed by atoms with Crippen molar-refractivity contribution in [2.45, 2.75) is 19.3 Å². The van der Waals surface area contributed by atoms with Crippen molar-refractivity contribution in [2.24, 2.45) is 0 Å². The zero-order valence-corrected chi connectivity index (χ0v) is 8.08. The number of carbonyl (C=O) groups is 1. The molecule has 1 atom stereocenters. The molecule has 4 heteroatoms. The summed E-state index contributed by atoms with van der Waals surface area (Å²) in [6, 6.07) is 1.85. The highest BCUT2D eigenvalue weighted by Crippen LogP contribution is 2.25. The molecule has 1 aliphatic heterocycles. The van der Waals surface area contributed by atoms with Gasteiger partial charge >= 0.3 is 0 Å². The fourth-order valence-electron chi connectivity index (χ4n) is 1.84. The molecule has 1 aromatic heterocycles. The number of anilines is 1. The van der Waals surface area contributed by atoms with Crippen LogP contribution in [0.2, 0.25) is 0 Å². The Morgan fingerprint density at radius 3 is 3.00 bits per heavy atom. The van der Waals surface area contributed by atoms with Gasteiger partial charge in [-0.1, -0.05) is 0 Å². The molecule has 0 aromatic carbocycles. The van der Waals surface area contributed by atoms with Crippen LogP contribution in [-0.2, 0) is 4.79 Å². The molecule has 0 saturated carbocycles. The van der Waals surface area contributed by atoms with Gasteiger partial charge in [-0.2, -0.15) is 0 Å². The maximum absolute atomic E-state index is 11.0. The Morgan fingerprint density at radius 2 is 2.43 bits per heavy atom. The molecule has 0 spiro atoms. The molecule has 1 amide bonds. The number of hydrogen-bond donors (Lipinski definition) is 2. The average molecular weight is 191 g/mol. The number of rotatable bonds is 1. The summed E-state index contributed by atoms with van der Waals surface area (Å²) >= 11 is 0. The van der Waals surface area contributed by atoms with E-state index in [1.165, 1.54) is 0 Å². The van der Waals surface area contributed by atoms with Crippen LogP contribution in [0.25, 0.3) is 0 Å². The van der Waals surface area contributed by atoms with Crippen LogP contribution in [0.1, 0.15) is 23.5 Å². The molecule has 0 unspecified atom stereocenters. The highest BCUT2D eigenvalue weighted by Gasteiger charge is 2.24. The maximum Gasteiger partial charge on any atom is 0.220 e. The van der Waals surface area contributed by atoms with E-state index in [0.29, 0.717) is 18.8 Å². The van der Waals surface area contributed by atoms with E-state index in [0.717, 1.165) is 11.1 Å². The van der Waals surface area contributed by atoms with Gasteiger partial charge in [0.1, 0.15) is 5.82 Å². The lowest BCUT2D eigenvalue weighted by atomic mass is 9.96. The number of aromatic nitrogens is 1.